The lowest BCUT2D eigenvalue weighted by Crippen LogP contribution is -2.30. The summed E-state index contributed by atoms with van der Waals surface area (Å²) < 4.78 is 6.74. The predicted octanol–water partition coefficient (Wildman–Crippen LogP) is 3.61. The Hall–Kier alpha value is -2.84. The van der Waals surface area contributed by atoms with E-state index in [1.54, 1.807) is 28.9 Å². The Labute approximate surface area is 170 Å². The number of ether oxygens (including phenoxy) is 1. The molecule has 0 bridgehead atoms. The zero-order valence-corrected chi connectivity index (χ0v) is 16.3. The number of benzene rings is 1. The van der Waals surface area contributed by atoms with Crippen LogP contribution in [0.2, 0.25) is 10.0 Å². The molecule has 2 heterocycles. The first kappa shape index (κ1) is 18.5. The second-order valence-electron chi connectivity index (χ2n) is 6.23. The molecule has 1 saturated carbocycles. The van der Waals surface area contributed by atoms with Gasteiger partial charge in [-0.1, -0.05) is 23.2 Å². The van der Waals surface area contributed by atoms with Crippen LogP contribution in [0.25, 0.3) is 5.69 Å². The van der Waals surface area contributed by atoms with E-state index in [0.29, 0.717) is 27.2 Å². The number of amides is 1. The molecule has 3 aromatic rings. The molecule has 144 valence electrons. The van der Waals surface area contributed by atoms with Crippen molar-refractivity contribution >= 4 is 35.1 Å². The molecule has 8 nitrogen and oxygen atoms in total. The van der Waals surface area contributed by atoms with E-state index in [4.69, 9.17) is 27.9 Å². The number of halogens is 2. The molecule has 1 aliphatic rings. The van der Waals surface area contributed by atoms with Gasteiger partial charge in [0.2, 0.25) is 11.8 Å². The summed E-state index contributed by atoms with van der Waals surface area (Å²) in [6.07, 6.45) is 5.03. The maximum atomic E-state index is 12.7. The highest BCUT2D eigenvalue weighted by Crippen LogP contribution is 2.43. The molecule has 4 rings (SSSR count). The zero-order chi connectivity index (χ0) is 19.7. The third kappa shape index (κ3) is 3.74. The molecule has 0 unspecified atom stereocenters. The lowest BCUT2D eigenvalue weighted by atomic mass is 10.1. The van der Waals surface area contributed by atoms with Gasteiger partial charge in [0.15, 0.2) is 0 Å². The van der Waals surface area contributed by atoms with Crippen LogP contribution in [0.15, 0.2) is 36.7 Å². The molecular weight excluding hydrogens is 403 g/mol. The number of nitrogens with zero attached hydrogens (tertiary/aromatic N) is 4. The molecule has 28 heavy (non-hydrogen) atoms. The van der Waals surface area contributed by atoms with E-state index in [-0.39, 0.29) is 17.8 Å². The third-order valence-electron chi connectivity index (χ3n) is 4.28. The van der Waals surface area contributed by atoms with Gasteiger partial charge >= 0.3 is 0 Å². The lowest BCUT2D eigenvalue weighted by molar-refractivity contribution is 0.0961. The third-order valence-corrected chi connectivity index (χ3v) is 4.82. The number of aromatic nitrogens is 4. The second kappa shape index (κ2) is 7.65. The Balaban J connectivity index is 1.59. The summed E-state index contributed by atoms with van der Waals surface area (Å²) in [4.78, 5) is 20.9. The van der Waals surface area contributed by atoms with Gasteiger partial charge in [-0.2, -0.15) is 10.1 Å². The fraction of sp³-hybridized carbons (Fsp3) is 0.222. The predicted molar refractivity (Wildman–Crippen MR) is 105 cm³/mol. The highest BCUT2D eigenvalue weighted by atomic mass is 35.5. The van der Waals surface area contributed by atoms with Crippen molar-refractivity contribution in [1.82, 2.24) is 25.2 Å². The summed E-state index contributed by atoms with van der Waals surface area (Å²) in [5, 5.41) is 5.39. The molecule has 0 atom stereocenters. The van der Waals surface area contributed by atoms with Crippen molar-refractivity contribution in [2.45, 2.75) is 18.8 Å². The molecular formula is C18H16Cl2N6O2. The van der Waals surface area contributed by atoms with E-state index in [1.165, 1.54) is 19.5 Å². The first-order valence-corrected chi connectivity index (χ1v) is 9.29. The number of rotatable bonds is 6. The number of nitrogens with one attached hydrogen (secondary N) is 2. The zero-order valence-electron chi connectivity index (χ0n) is 14.8. The number of carbonyl (C=O) groups excluding carboxylic acids is 1. The minimum absolute atomic E-state index is 0.216. The summed E-state index contributed by atoms with van der Waals surface area (Å²) >= 11 is 12.3. The Morgan fingerprint density at radius 2 is 2.11 bits per heavy atom. The average Bonchev–Trinajstić information content (AvgIpc) is 3.45. The molecule has 0 aliphatic heterocycles. The summed E-state index contributed by atoms with van der Waals surface area (Å²) in [7, 11) is 1.50. The van der Waals surface area contributed by atoms with Gasteiger partial charge < -0.3 is 4.74 Å². The van der Waals surface area contributed by atoms with Crippen LogP contribution in [0.3, 0.4) is 0 Å². The first-order valence-electron chi connectivity index (χ1n) is 8.53. The van der Waals surface area contributed by atoms with Gasteiger partial charge in [-0.05, 0) is 31.0 Å². The Morgan fingerprint density at radius 1 is 1.29 bits per heavy atom. The summed E-state index contributed by atoms with van der Waals surface area (Å²) in [6.45, 7) is 0. The second-order valence-corrected chi connectivity index (χ2v) is 7.07. The Bertz CT molecular complexity index is 1030. The van der Waals surface area contributed by atoms with E-state index in [9.17, 15) is 4.79 Å². The van der Waals surface area contributed by atoms with E-state index < -0.39 is 0 Å². The van der Waals surface area contributed by atoms with Gasteiger partial charge in [-0.3, -0.25) is 15.6 Å². The van der Waals surface area contributed by atoms with E-state index in [0.717, 1.165) is 18.5 Å². The molecule has 1 fully saturated rings. The van der Waals surface area contributed by atoms with Gasteiger partial charge in [-0.15, -0.1) is 0 Å². The normalized spacial score (nSPS) is 13.2. The average molecular weight is 419 g/mol. The SMILES string of the molecule is COc1ccnc(NNC(=O)c2cnn(-c3ccc(Cl)cc3Cl)c2C2CC2)n1. The quantitative estimate of drug-likeness (QED) is 0.593. The number of anilines is 1. The molecule has 1 aliphatic carbocycles. The van der Waals surface area contributed by atoms with Crippen molar-refractivity contribution in [2.24, 2.45) is 0 Å². The molecule has 2 aromatic heterocycles. The van der Waals surface area contributed by atoms with Crippen molar-refractivity contribution in [3.05, 3.63) is 58.0 Å². The van der Waals surface area contributed by atoms with Crippen LogP contribution in [0.4, 0.5) is 5.95 Å². The fourth-order valence-electron chi connectivity index (χ4n) is 2.82. The van der Waals surface area contributed by atoms with Crippen molar-refractivity contribution in [2.75, 3.05) is 12.5 Å². The van der Waals surface area contributed by atoms with Gasteiger partial charge in [-0.25, -0.2) is 9.67 Å². The van der Waals surface area contributed by atoms with Crippen molar-refractivity contribution in [3.63, 3.8) is 0 Å². The van der Waals surface area contributed by atoms with Crippen molar-refractivity contribution < 1.29 is 9.53 Å². The van der Waals surface area contributed by atoms with Crippen molar-refractivity contribution in [1.29, 1.82) is 0 Å². The number of methoxy groups -OCH3 is 1. The van der Waals surface area contributed by atoms with E-state index >= 15 is 0 Å². The van der Waals surface area contributed by atoms with Gasteiger partial charge in [0, 0.05) is 23.2 Å². The van der Waals surface area contributed by atoms with Crippen LogP contribution in [0, 0.1) is 0 Å². The molecule has 1 amide bonds. The molecule has 0 spiro atoms. The maximum Gasteiger partial charge on any atom is 0.273 e. The van der Waals surface area contributed by atoms with Crippen LogP contribution in [0.5, 0.6) is 5.88 Å². The highest BCUT2D eigenvalue weighted by Gasteiger charge is 2.33. The smallest absolute Gasteiger partial charge is 0.273 e. The summed E-state index contributed by atoms with van der Waals surface area (Å²) in [5.41, 5.74) is 7.24. The largest absolute Gasteiger partial charge is 0.481 e. The standard InChI is InChI=1S/C18H16Cl2N6O2/c1-28-15-6-7-21-18(23-15)25-24-17(27)12-9-22-26(16(12)10-2-3-10)14-5-4-11(19)8-13(14)20/h4-10H,2-3H2,1H3,(H,24,27)(H,21,23,25). The monoisotopic (exact) mass is 418 g/mol. The molecule has 2 N–H and O–H groups in total. The first-order chi connectivity index (χ1) is 13.6. The Morgan fingerprint density at radius 3 is 2.82 bits per heavy atom. The number of hydrogen-bond acceptors (Lipinski definition) is 6. The van der Waals surface area contributed by atoms with Crippen LogP contribution in [-0.4, -0.2) is 32.8 Å². The van der Waals surface area contributed by atoms with Gasteiger partial charge in [0.1, 0.15) is 0 Å². The number of hydrogen-bond donors (Lipinski definition) is 2. The molecule has 10 heteroatoms. The topological polar surface area (TPSA) is 94.0 Å². The van der Waals surface area contributed by atoms with Crippen LogP contribution >= 0.6 is 23.2 Å². The van der Waals surface area contributed by atoms with Crippen molar-refractivity contribution in [3.8, 4) is 11.6 Å². The van der Waals surface area contributed by atoms with Gasteiger partial charge in [0.05, 0.1) is 35.3 Å². The van der Waals surface area contributed by atoms with Crippen LogP contribution < -0.4 is 15.6 Å². The minimum Gasteiger partial charge on any atom is -0.481 e. The summed E-state index contributed by atoms with van der Waals surface area (Å²) in [5.74, 6) is 0.511. The van der Waals surface area contributed by atoms with E-state index in [2.05, 4.69) is 25.9 Å². The lowest BCUT2D eigenvalue weighted by Gasteiger charge is -2.11. The maximum absolute atomic E-state index is 12.7. The van der Waals surface area contributed by atoms with E-state index in [1.807, 2.05) is 0 Å². The van der Waals surface area contributed by atoms with Crippen LogP contribution in [0.1, 0.15) is 34.8 Å². The van der Waals surface area contributed by atoms with Gasteiger partial charge in [0.25, 0.3) is 5.91 Å². The van der Waals surface area contributed by atoms with Crippen LogP contribution in [-0.2, 0) is 0 Å². The molecule has 0 radical (unpaired) electrons. The molecule has 0 saturated heterocycles. The minimum atomic E-state index is -0.343. The number of hydrazine groups is 1. The summed E-state index contributed by atoms with van der Waals surface area (Å²) in [6, 6.07) is 6.78. The fourth-order valence-corrected chi connectivity index (χ4v) is 3.31. The number of carbonyl (C=O) groups is 1. The highest BCUT2D eigenvalue weighted by molar-refractivity contribution is 6.35. The Kier molecular flexibility index (Phi) is 5.06. The molecule has 1 aromatic carbocycles.